The van der Waals surface area contributed by atoms with Crippen molar-refractivity contribution in [1.29, 1.82) is 0 Å². The fourth-order valence-corrected chi connectivity index (χ4v) is 2.39. The number of aromatic nitrogens is 1. The number of hydrogen-bond donors (Lipinski definition) is 1. The monoisotopic (exact) mass is 250 g/mol. The Morgan fingerprint density at radius 3 is 2.44 bits per heavy atom. The summed E-state index contributed by atoms with van der Waals surface area (Å²) in [7, 11) is 1.76. The van der Waals surface area contributed by atoms with Gasteiger partial charge in [-0.25, -0.2) is 0 Å². The van der Waals surface area contributed by atoms with Crippen molar-refractivity contribution in [3.05, 3.63) is 22.1 Å². The number of nitrogens with two attached hydrogens (primary N) is 1. The minimum Gasteiger partial charge on any atom is -0.393 e. The van der Waals surface area contributed by atoms with E-state index in [2.05, 4.69) is 16.7 Å². The molecule has 0 amide bonds. The summed E-state index contributed by atoms with van der Waals surface area (Å²) in [6.45, 7) is 9.13. The van der Waals surface area contributed by atoms with Gasteiger partial charge in [0, 0.05) is 38.9 Å². The van der Waals surface area contributed by atoms with Gasteiger partial charge < -0.3 is 20.1 Å². The van der Waals surface area contributed by atoms with Gasteiger partial charge in [0.25, 0.3) is 5.56 Å². The van der Waals surface area contributed by atoms with Crippen LogP contribution in [0.1, 0.15) is 12.6 Å². The SMILES string of the molecule is CCN1CCN(c2cc(C)n(C)c(=O)c2N)CC1. The normalized spacial score (nSPS) is 17.2. The van der Waals surface area contributed by atoms with Gasteiger partial charge in [-0.3, -0.25) is 4.79 Å². The molecule has 1 aliphatic heterocycles. The quantitative estimate of drug-likeness (QED) is 0.826. The van der Waals surface area contributed by atoms with Crippen molar-refractivity contribution in [3.8, 4) is 0 Å². The summed E-state index contributed by atoms with van der Waals surface area (Å²) in [4.78, 5) is 16.6. The van der Waals surface area contributed by atoms with Crippen LogP contribution in [0, 0.1) is 6.92 Å². The number of likely N-dealkylation sites (N-methyl/N-ethyl adjacent to an activating group) is 1. The van der Waals surface area contributed by atoms with Crippen LogP contribution in [0.3, 0.4) is 0 Å². The molecule has 0 atom stereocenters. The minimum absolute atomic E-state index is 0.0945. The van der Waals surface area contributed by atoms with Crippen LogP contribution in [0.25, 0.3) is 0 Å². The summed E-state index contributed by atoms with van der Waals surface area (Å²) >= 11 is 0. The number of anilines is 2. The largest absolute Gasteiger partial charge is 0.393 e. The minimum atomic E-state index is -0.0945. The zero-order chi connectivity index (χ0) is 13.3. The van der Waals surface area contributed by atoms with Gasteiger partial charge in [0.05, 0.1) is 5.69 Å². The van der Waals surface area contributed by atoms with Crippen LogP contribution >= 0.6 is 0 Å². The van der Waals surface area contributed by atoms with Gasteiger partial charge in [-0.2, -0.15) is 0 Å². The van der Waals surface area contributed by atoms with E-state index in [4.69, 9.17) is 5.73 Å². The lowest BCUT2D eigenvalue weighted by Gasteiger charge is -2.36. The highest BCUT2D eigenvalue weighted by Crippen LogP contribution is 2.22. The first-order chi connectivity index (χ1) is 8.54. The number of nitrogens with zero attached hydrogens (tertiary/aromatic N) is 3. The molecule has 2 rings (SSSR count). The molecule has 2 heterocycles. The van der Waals surface area contributed by atoms with E-state index in [0.29, 0.717) is 5.69 Å². The summed E-state index contributed by atoms with van der Waals surface area (Å²) in [5.41, 5.74) is 8.08. The molecular formula is C13H22N4O. The number of pyridine rings is 1. The highest BCUT2D eigenvalue weighted by atomic mass is 16.1. The first-order valence-corrected chi connectivity index (χ1v) is 6.48. The van der Waals surface area contributed by atoms with Crippen LogP contribution < -0.4 is 16.2 Å². The molecule has 1 aliphatic rings. The first-order valence-electron chi connectivity index (χ1n) is 6.48. The van der Waals surface area contributed by atoms with E-state index in [9.17, 15) is 4.79 Å². The van der Waals surface area contributed by atoms with Gasteiger partial charge in [0.15, 0.2) is 0 Å². The third-order valence-electron chi connectivity index (χ3n) is 3.85. The van der Waals surface area contributed by atoms with Gasteiger partial charge in [0.1, 0.15) is 5.69 Å². The third kappa shape index (κ3) is 2.22. The van der Waals surface area contributed by atoms with Crippen molar-refractivity contribution in [1.82, 2.24) is 9.47 Å². The third-order valence-corrected chi connectivity index (χ3v) is 3.85. The van der Waals surface area contributed by atoms with Gasteiger partial charge in [-0.05, 0) is 19.5 Å². The molecule has 0 aliphatic carbocycles. The molecule has 0 radical (unpaired) electrons. The van der Waals surface area contributed by atoms with E-state index >= 15 is 0 Å². The van der Waals surface area contributed by atoms with E-state index in [1.165, 1.54) is 0 Å². The van der Waals surface area contributed by atoms with Crippen LogP contribution in [0.4, 0.5) is 11.4 Å². The van der Waals surface area contributed by atoms with Crippen molar-refractivity contribution in [2.45, 2.75) is 13.8 Å². The zero-order valence-corrected chi connectivity index (χ0v) is 11.4. The summed E-state index contributed by atoms with van der Waals surface area (Å²) in [5, 5.41) is 0. The zero-order valence-electron chi connectivity index (χ0n) is 11.4. The van der Waals surface area contributed by atoms with E-state index in [-0.39, 0.29) is 5.56 Å². The average molecular weight is 250 g/mol. The molecule has 18 heavy (non-hydrogen) atoms. The van der Waals surface area contributed by atoms with Crippen LogP contribution in [0.5, 0.6) is 0 Å². The van der Waals surface area contributed by atoms with Crippen LogP contribution in [0.2, 0.25) is 0 Å². The number of nitrogen functional groups attached to an aromatic ring is 1. The van der Waals surface area contributed by atoms with Crippen LogP contribution in [0.15, 0.2) is 10.9 Å². The number of aryl methyl sites for hydroxylation is 1. The Hall–Kier alpha value is -1.49. The fraction of sp³-hybridized carbons (Fsp3) is 0.615. The van der Waals surface area contributed by atoms with Crippen molar-refractivity contribution < 1.29 is 0 Å². The molecule has 1 aromatic rings. The lowest BCUT2D eigenvalue weighted by molar-refractivity contribution is 0.271. The maximum Gasteiger partial charge on any atom is 0.275 e. The second kappa shape index (κ2) is 5.02. The Kier molecular flexibility index (Phi) is 3.61. The van der Waals surface area contributed by atoms with Gasteiger partial charge in [0.2, 0.25) is 0 Å². The number of hydrogen-bond acceptors (Lipinski definition) is 4. The molecule has 1 saturated heterocycles. The average Bonchev–Trinajstić information content (AvgIpc) is 2.41. The predicted molar refractivity (Wildman–Crippen MR) is 75.2 cm³/mol. The molecule has 5 heteroatoms. The van der Waals surface area contributed by atoms with E-state index in [1.54, 1.807) is 11.6 Å². The smallest absolute Gasteiger partial charge is 0.275 e. The van der Waals surface area contributed by atoms with Crippen molar-refractivity contribution in [2.75, 3.05) is 43.4 Å². The van der Waals surface area contributed by atoms with Gasteiger partial charge in [-0.1, -0.05) is 6.92 Å². The molecule has 0 saturated carbocycles. The molecule has 0 unspecified atom stereocenters. The molecular weight excluding hydrogens is 228 g/mol. The molecule has 2 N–H and O–H groups in total. The van der Waals surface area contributed by atoms with Gasteiger partial charge in [-0.15, -0.1) is 0 Å². The van der Waals surface area contributed by atoms with E-state index in [0.717, 1.165) is 44.1 Å². The highest BCUT2D eigenvalue weighted by Gasteiger charge is 2.19. The topological polar surface area (TPSA) is 54.5 Å². The predicted octanol–water partition coefficient (Wildman–Crippen LogP) is 0.418. The molecule has 0 bridgehead atoms. The number of rotatable bonds is 2. The Labute approximate surface area is 108 Å². The van der Waals surface area contributed by atoms with Crippen LogP contribution in [-0.4, -0.2) is 42.2 Å². The summed E-state index contributed by atoms with van der Waals surface area (Å²) in [6, 6.07) is 2.01. The summed E-state index contributed by atoms with van der Waals surface area (Å²) in [5.74, 6) is 0. The van der Waals surface area contributed by atoms with Crippen LogP contribution in [-0.2, 0) is 7.05 Å². The molecule has 100 valence electrons. The molecule has 1 fully saturated rings. The van der Waals surface area contributed by atoms with Crippen molar-refractivity contribution >= 4 is 11.4 Å². The summed E-state index contributed by atoms with van der Waals surface area (Å²) < 4.78 is 1.60. The Morgan fingerprint density at radius 2 is 1.89 bits per heavy atom. The first kappa shape index (κ1) is 13.0. The Bertz CT molecular complexity index is 486. The summed E-state index contributed by atoms with van der Waals surface area (Å²) in [6.07, 6.45) is 0. The van der Waals surface area contributed by atoms with E-state index < -0.39 is 0 Å². The fourth-order valence-electron chi connectivity index (χ4n) is 2.39. The second-order valence-corrected chi connectivity index (χ2v) is 4.87. The van der Waals surface area contributed by atoms with Gasteiger partial charge >= 0.3 is 0 Å². The second-order valence-electron chi connectivity index (χ2n) is 4.87. The van der Waals surface area contributed by atoms with Crippen molar-refractivity contribution in [2.24, 2.45) is 7.05 Å². The molecule has 0 aromatic carbocycles. The maximum absolute atomic E-state index is 12.0. The highest BCUT2D eigenvalue weighted by molar-refractivity contribution is 5.67. The van der Waals surface area contributed by atoms with E-state index in [1.807, 2.05) is 13.0 Å². The molecule has 1 aromatic heterocycles. The number of piperazine rings is 1. The Morgan fingerprint density at radius 1 is 1.28 bits per heavy atom. The maximum atomic E-state index is 12.0. The lowest BCUT2D eigenvalue weighted by Crippen LogP contribution is -2.47. The standard InChI is InChI=1S/C13H22N4O/c1-4-16-5-7-17(8-6-16)11-9-10(2)15(3)13(18)12(11)14/h9H,4-8,14H2,1-3H3. The molecule has 5 nitrogen and oxygen atoms in total. The lowest BCUT2D eigenvalue weighted by atomic mass is 10.2. The van der Waals surface area contributed by atoms with Crippen molar-refractivity contribution in [3.63, 3.8) is 0 Å². The molecule has 0 spiro atoms. The Balaban J connectivity index is 2.27.